The van der Waals surface area contributed by atoms with E-state index < -0.39 is 0 Å². The van der Waals surface area contributed by atoms with E-state index in [9.17, 15) is 0 Å². The van der Waals surface area contributed by atoms with Gasteiger partial charge in [0.25, 0.3) is 0 Å². The highest BCUT2D eigenvalue weighted by Crippen LogP contribution is 2.61. The van der Waals surface area contributed by atoms with Crippen molar-refractivity contribution in [1.82, 2.24) is 0 Å². The van der Waals surface area contributed by atoms with Crippen LogP contribution >= 0.6 is 31.9 Å². The van der Waals surface area contributed by atoms with Crippen LogP contribution in [0.4, 0.5) is 0 Å². The highest BCUT2D eigenvalue weighted by molar-refractivity contribution is 9.10. The van der Waals surface area contributed by atoms with Gasteiger partial charge in [0.1, 0.15) is 11.4 Å². The molecule has 3 rings (SSSR count). The molecule has 1 heterocycles. The summed E-state index contributed by atoms with van der Waals surface area (Å²) < 4.78 is 7.64. The van der Waals surface area contributed by atoms with Gasteiger partial charge in [-0.05, 0) is 43.4 Å². The number of rotatable bonds is 1. The zero-order valence-corrected chi connectivity index (χ0v) is 14.2. The highest BCUT2D eigenvalue weighted by atomic mass is 79.9. The van der Waals surface area contributed by atoms with E-state index in [1.165, 1.54) is 28.4 Å². The van der Waals surface area contributed by atoms with Crippen LogP contribution in [0.2, 0.25) is 0 Å². The van der Waals surface area contributed by atoms with Crippen molar-refractivity contribution in [1.29, 1.82) is 0 Å². The number of alkyl halides is 1. The maximum Gasteiger partial charge on any atom is 0.131 e. The topological polar surface area (TPSA) is 9.23 Å². The molecule has 98 valence electrons. The van der Waals surface area contributed by atoms with Crippen molar-refractivity contribution >= 4 is 31.9 Å². The van der Waals surface area contributed by atoms with E-state index in [2.05, 4.69) is 64.8 Å². The molecule has 2 aliphatic rings. The predicted molar refractivity (Wildman–Crippen MR) is 81.8 cm³/mol. The lowest BCUT2D eigenvalue weighted by molar-refractivity contribution is 0.0369. The Balaban J connectivity index is 2.22. The minimum Gasteiger partial charge on any atom is -0.485 e. The first-order chi connectivity index (χ1) is 8.44. The van der Waals surface area contributed by atoms with Crippen molar-refractivity contribution in [2.45, 2.75) is 44.6 Å². The molecule has 0 radical (unpaired) electrons. The largest absolute Gasteiger partial charge is 0.485 e. The van der Waals surface area contributed by atoms with Crippen molar-refractivity contribution in [3.8, 4) is 5.75 Å². The summed E-state index contributed by atoms with van der Waals surface area (Å²) in [7, 11) is 0. The maximum absolute atomic E-state index is 6.45. The van der Waals surface area contributed by atoms with Crippen molar-refractivity contribution in [2.75, 3.05) is 5.33 Å². The van der Waals surface area contributed by atoms with Crippen LogP contribution in [0, 0.1) is 12.8 Å². The summed E-state index contributed by atoms with van der Waals surface area (Å²) in [5.74, 6) is 1.68. The number of aryl methyl sites for hydroxylation is 1. The van der Waals surface area contributed by atoms with E-state index in [0.717, 1.165) is 11.1 Å². The summed E-state index contributed by atoms with van der Waals surface area (Å²) in [4.78, 5) is 0. The van der Waals surface area contributed by atoms with E-state index in [-0.39, 0.29) is 11.0 Å². The van der Waals surface area contributed by atoms with E-state index in [1.54, 1.807) is 0 Å². The minimum atomic E-state index is -0.0669. The van der Waals surface area contributed by atoms with Gasteiger partial charge >= 0.3 is 0 Å². The fraction of sp³-hybridized carbons (Fsp3) is 0.600. The number of fused-ring (bicyclic) bond motifs is 3. The maximum atomic E-state index is 6.45. The van der Waals surface area contributed by atoms with Crippen molar-refractivity contribution in [2.24, 2.45) is 5.92 Å². The third-order valence-electron chi connectivity index (χ3n) is 5.15. The lowest BCUT2D eigenvalue weighted by Gasteiger charge is -2.38. The SMILES string of the molecule is Cc1cc2c(cc1Br)[C@]1(C)CC[C@H](C)[C@]1(CBr)O2. The van der Waals surface area contributed by atoms with Gasteiger partial charge in [0.2, 0.25) is 0 Å². The fourth-order valence-corrected chi connectivity index (χ4v) is 5.37. The molecule has 0 saturated heterocycles. The molecule has 0 amide bonds. The van der Waals surface area contributed by atoms with E-state index in [1.807, 2.05) is 0 Å². The van der Waals surface area contributed by atoms with Gasteiger partial charge in [-0.15, -0.1) is 0 Å². The number of hydrogen-bond acceptors (Lipinski definition) is 1. The van der Waals surface area contributed by atoms with Crippen LogP contribution in [0.1, 0.15) is 37.8 Å². The summed E-state index contributed by atoms with van der Waals surface area (Å²) in [6.07, 6.45) is 2.45. The first-order valence-electron chi connectivity index (χ1n) is 6.50. The van der Waals surface area contributed by atoms with Crippen LogP contribution in [0.5, 0.6) is 5.75 Å². The molecule has 1 aromatic carbocycles. The van der Waals surface area contributed by atoms with E-state index >= 15 is 0 Å². The molecule has 1 nitrogen and oxygen atoms in total. The van der Waals surface area contributed by atoms with Crippen molar-refractivity contribution in [3.05, 3.63) is 27.7 Å². The molecular weight excluding hydrogens is 356 g/mol. The number of halogens is 2. The Hall–Kier alpha value is -0.0200. The highest BCUT2D eigenvalue weighted by Gasteiger charge is 2.63. The van der Waals surface area contributed by atoms with Crippen LogP contribution in [-0.4, -0.2) is 10.9 Å². The molecule has 1 fully saturated rings. The zero-order valence-electron chi connectivity index (χ0n) is 11.0. The van der Waals surface area contributed by atoms with Crippen LogP contribution in [-0.2, 0) is 5.41 Å². The van der Waals surface area contributed by atoms with E-state index in [4.69, 9.17) is 4.74 Å². The van der Waals surface area contributed by atoms with Gasteiger partial charge < -0.3 is 4.74 Å². The van der Waals surface area contributed by atoms with Crippen LogP contribution < -0.4 is 4.74 Å². The second-order valence-electron chi connectivity index (χ2n) is 5.99. The Bertz CT molecular complexity index is 513. The minimum absolute atomic E-state index is 0.0669. The molecule has 0 spiro atoms. The van der Waals surface area contributed by atoms with Gasteiger partial charge in [-0.1, -0.05) is 45.7 Å². The second-order valence-corrected chi connectivity index (χ2v) is 7.41. The summed E-state index contributed by atoms with van der Waals surface area (Å²) in [6.45, 7) is 6.81. The van der Waals surface area contributed by atoms with Crippen molar-refractivity contribution < 1.29 is 4.74 Å². The third-order valence-corrected chi connectivity index (χ3v) is 6.84. The monoisotopic (exact) mass is 372 g/mol. The molecule has 0 N–H and O–H groups in total. The predicted octanol–water partition coefficient (Wildman–Crippen LogP) is 4.97. The first-order valence-corrected chi connectivity index (χ1v) is 8.42. The zero-order chi connectivity index (χ0) is 13.1. The molecule has 1 aliphatic carbocycles. The molecule has 1 saturated carbocycles. The number of hydrogen-bond donors (Lipinski definition) is 0. The lowest BCUT2D eigenvalue weighted by Crippen LogP contribution is -2.50. The Morgan fingerprint density at radius 3 is 2.83 bits per heavy atom. The molecule has 3 atom stereocenters. The lowest BCUT2D eigenvalue weighted by atomic mass is 9.71. The molecule has 3 heteroatoms. The van der Waals surface area contributed by atoms with Crippen LogP contribution in [0.15, 0.2) is 16.6 Å². The molecular formula is C15H18Br2O. The first kappa shape index (κ1) is 13.0. The van der Waals surface area contributed by atoms with Gasteiger partial charge in [-0.25, -0.2) is 0 Å². The van der Waals surface area contributed by atoms with Crippen LogP contribution in [0.3, 0.4) is 0 Å². The normalized spacial score (nSPS) is 37.3. The second kappa shape index (κ2) is 3.99. The quantitative estimate of drug-likeness (QED) is 0.631. The Morgan fingerprint density at radius 1 is 1.44 bits per heavy atom. The fourth-order valence-electron chi connectivity index (χ4n) is 3.74. The van der Waals surface area contributed by atoms with Gasteiger partial charge in [0.05, 0.1) is 0 Å². The van der Waals surface area contributed by atoms with Crippen LogP contribution in [0.25, 0.3) is 0 Å². The molecule has 0 bridgehead atoms. The van der Waals surface area contributed by atoms with Gasteiger partial charge in [-0.3, -0.25) is 0 Å². The Labute approximate surface area is 126 Å². The molecule has 18 heavy (non-hydrogen) atoms. The summed E-state index contributed by atoms with van der Waals surface area (Å²) in [6, 6.07) is 4.45. The molecule has 1 aromatic rings. The number of benzene rings is 1. The third kappa shape index (κ3) is 1.38. The Morgan fingerprint density at radius 2 is 2.17 bits per heavy atom. The average Bonchev–Trinajstić information content (AvgIpc) is 2.72. The van der Waals surface area contributed by atoms with Gasteiger partial charge in [0, 0.05) is 20.8 Å². The van der Waals surface area contributed by atoms with E-state index in [0.29, 0.717) is 5.92 Å². The summed E-state index contributed by atoms with van der Waals surface area (Å²) >= 11 is 7.37. The van der Waals surface area contributed by atoms with Gasteiger partial charge in [-0.2, -0.15) is 0 Å². The average molecular weight is 374 g/mol. The smallest absolute Gasteiger partial charge is 0.131 e. The summed E-state index contributed by atoms with van der Waals surface area (Å²) in [5.41, 5.74) is 2.70. The standard InChI is InChI=1S/C15H18Br2O/c1-9-6-13-11(7-12(9)17)14(3)5-4-10(2)15(14,8-16)18-13/h6-7,10H,4-5,8H2,1-3H3/t10-,14-,15-/m0/s1. The van der Waals surface area contributed by atoms with Gasteiger partial charge in [0.15, 0.2) is 0 Å². The number of ether oxygens (including phenoxy) is 1. The summed E-state index contributed by atoms with van der Waals surface area (Å²) in [5, 5.41) is 0.906. The Kier molecular flexibility index (Phi) is 2.88. The van der Waals surface area contributed by atoms with Crippen molar-refractivity contribution in [3.63, 3.8) is 0 Å². The molecule has 0 unspecified atom stereocenters. The molecule has 1 aliphatic heterocycles. The molecule has 0 aromatic heterocycles.